The molecule has 0 spiro atoms. The van der Waals surface area contributed by atoms with Crippen LogP contribution >= 0.6 is 0 Å². The van der Waals surface area contributed by atoms with Gasteiger partial charge in [0.05, 0.1) is 25.0 Å². The number of aromatic nitrogens is 2. The Labute approximate surface area is 189 Å². The molecule has 32 heavy (non-hydrogen) atoms. The fourth-order valence-corrected chi connectivity index (χ4v) is 4.85. The van der Waals surface area contributed by atoms with Crippen molar-refractivity contribution in [1.82, 2.24) is 14.7 Å². The number of likely N-dealkylation sites (tertiary alicyclic amines) is 1. The molecule has 2 N–H and O–H groups in total. The van der Waals surface area contributed by atoms with Crippen molar-refractivity contribution in [3.05, 3.63) is 36.5 Å². The molecule has 1 aliphatic carbocycles. The van der Waals surface area contributed by atoms with E-state index in [1.54, 1.807) is 31.5 Å². The average molecular weight is 440 g/mol. The van der Waals surface area contributed by atoms with Gasteiger partial charge in [-0.3, -0.25) is 10.1 Å². The minimum absolute atomic E-state index is 0.158. The van der Waals surface area contributed by atoms with Gasteiger partial charge < -0.3 is 15.0 Å². The van der Waals surface area contributed by atoms with Crippen molar-refractivity contribution < 1.29 is 14.3 Å². The number of hydrogen-bond donors (Lipinski definition) is 2. The maximum Gasteiger partial charge on any atom is 0.324 e. The maximum atomic E-state index is 12.7. The van der Waals surface area contributed by atoms with E-state index in [0.717, 1.165) is 25.9 Å². The van der Waals surface area contributed by atoms with E-state index >= 15 is 0 Å². The van der Waals surface area contributed by atoms with Gasteiger partial charge in [0.1, 0.15) is 11.6 Å². The van der Waals surface area contributed by atoms with Crippen LogP contribution in [0, 0.1) is 5.92 Å². The van der Waals surface area contributed by atoms with Gasteiger partial charge in [0.15, 0.2) is 0 Å². The number of hydrogen-bond acceptors (Lipinski definition) is 4. The summed E-state index contributed by atoms with van der Waals surface area (Å²) in [5.41, 5.74) is 0.600. The molecule has 2 heterocycles. The number of urea groups is 1. The Kier molecular flexibility index (Phi) is 7.29. The Morgan fingerprint density at radius 1 is 1.03 bits per heavy atom. The molecule has 1 saturated heterocycles. The Bertz CT molecular complexity index is 914. The summed E-state index contributed by atoms with van der Waals surface area (Å²) in [5, 5.41) is 10.2. The van der Waals surface area contributed by atoms with Crippen LogP contribution in [-0.4, -0.2) is 46.8 Å². The summed E-state index contributed by atoms with van der Waals surface area (Å²) in [6, 6.07) is 8.87. The monoisotopic (exact) mass is 439 g/mol. The molecular weight excluding hydrogens is 406 g/mol. The first kappa shape index (κ1) is 22.2. The number of benzene rings is 1. The normalized spacial score (nSPS) is 17.7. The summed E-state index contributed by atoms with van der Waals surface area (Å²) in [7, 11) is 1.57. The molecule has 1 aromatic heterocycles. The summed E-state index contributed by atoms with van der Waals surface area (Å²) in [4.78, 5) is 27.3. The maximum absolute atomic E-state index is 12.7. The summed E-state index contributed by atoms with van der Waals surface area (Å²) in [6.45, 7) is 1.48. The first-order valence-electron chi connectivity index (χ1n) is 11.7. The van der Waals surface area contributed by atoms with Crippen molar-refractivity contribution in [2.24, 2.45) is 5.92 Å². The highest BCUT2D eigenvalue weighted by molar-refractivity contribution is 6.00. The number of nitrogens with zero attached hydrogens (tertiary/aromatic N) is 3. The first-order chi connectivity index (χ1) is 15.6. The second-order valence-corrected chi connectivity index (χ2v) is 8.76. The van der Waals surface area contributed by atoms with Gasteiger partial charge in [-0.25, -0.2) is 9.48 Å². The van der Waals surface area contributed by atoms with E-state index in [1.165, 1.54) is 32.1 Å². The van der Waals surface area contributed by atoms with Crippen LogP contribution in [0.5, 0.6) is 5.75 Å². The van der Waals surface area contributed by atoms with Gasteiger partial charge in [0, 0.05) is 25.6 Å². The van der Waals surface area contributed by atoms with Crippen LogP contribution < -0.4 is 15.4 Å². The Morgan fingerprint density at radius 2 is 1.78 bits per heavy atom. The number of carbonyl (C=O) groups is 2. The van der Waals surface area contributed by atoms with Crippen LogP contribution in [0.3, 0.4) is 0 Å². The fourth-order valence-electron chi connectivity index (χ4n) is 4.85. The predicted octanol–water partition coefficient (Wildman–Crippen LogP) is 4.67. The molecule has 2 aromatic rings. The van der Waals surface area contributed by atoms with Crippen LogP contribution in [0.25, 0.3) is 0 Å². The van der Waals surface area contributed by atoms with Gasteiger partial charge in [-0.05, 0) is 43.7 Å². The Balaban J connectivity index is 1.30. The number of ether oxygens (including phenoxy) is 1. The molecule has 2 fully saturated rings. The van der Waals surface area contributed by atoms with E-state index in [9.17, 15) is 9.59 Å². The second-order valence-electron chi connectivity index (χ2n) is 8.76. The van der Waals surface area contributed by atoms with Crippen LogP contribution in [-0.2, 0) is 4.79 Å². The third kappa shape index (κ3) is 5.41. The lowest BCUT2D eigenvalue weighted by Crippen LogP contribution is -2.40. The zero-order chi connectivity index (χ0) is 22.3. The van der Waals surface area contributed by atoms with Crippen LogP contribution in [0.4, 0.5) is 16.3 Å². The van der Waals surface area contributed by atoms with Crippen molar-refractivity contribution in [1.29, 1.82) is 0 Å². The second kappa shape index (κ2) is 10.5. The summed E-state index contributed by atoms with van der Waals surface area (Å²) in [6.07, 6.45) is 10.3. The molecule has 4 rings (SSSR count). The van der Waals surface area contributed by atoms with E-state index in [-0.39, 0.29) is 12.1 Å². The molecule has 1 saturated carbocycles. The Hall–Kier alpha value is -3.03. The molecule has 0 unspecified atom stereocenters. The lowest BCUT2D eigenvalue weighted by molar-refractivity contribution is -0.133. The summed E-state index contributed by atoms with van der Waals surface area (Å²) < 4.78 is 7.15. The largest absolute Gasteiger partial charge is 0.495 e. The lowest BCUT2D eigenvalue weighted by atomic mass is 9.86. The van der Waals surface area contributed by atoms with Crippen molar-refractivity contribution >= 4 is 23.4 Å². The van der Waals surface area contributed by atoms with Crippen LogP contribution in [0.1, 0.15) is 57.4 Å². The molecule has 8 nitrogen and oxygen atoms in total. The smallest absolute Gasteiger partial charge is 0.324 e. The van der Waals surface area contributed by atoms with Crippen molar-refractivity contribution in [2.75, 3.05) is 30.8 Å². The van der Waals surface area contributed by atoms with Gasteiger partial charge in [0.25, 0.3) is 0 Å². The molecule has 2 aliphatic rings. The SMILES string of the molecule is COc1ccccc1NC(=O)Nc1ccnn1C1CCN(C(=O)CC2CCCCC2)CC1. The lowest BCUT2D eigenvalue weighted by Gasteiger charge is -2.34. The third-order valence-electron chi connectivity index (χ3n) is 6.62. The number of rotatable bonds is 6. The van der Waals surface area contributed by atoms with Crippen LogP contribution in [0.2, 0.25) is 0 Å². The number of carbonyl (C=O) groups excluding carboxylic acids is 2. The highest BCUT2D eigenvalue weighted by Gasteiger charge is 2.27. The van der Waals surface area contributed by atoms with E-state index in [2.05, 4.69) is 15.7 Å². The minimum Gasteiger partial charge on any atom is -0.495 e. The van der Waals surface area contributed by atoms with Gasteiger partial charge in [-0.15, -0.1) is 0 Å². The van der Waals surface area contributed by atoms with Gasteiger partial charge in [-0.2, -0.15) is 5.10 Å². The molecule has 0 atom stereocenters. The van der Waals surface area contributed by atoms with Gasteiger partial charge in [0.2, 0.25) is 5.91 Å². The zero-order valence-electron chi connectivity index (χ0n) is 18.8. The highest BCUT2D eigenvalue weighted by atomic mass is 16.5. The number of amides is 3. The average Bonchev–Trinajstić information content (AvgIpc) is 3.28. The van der Waals surface area contributed by atoms with Crippen molar-refractivity contribution in [3.63, 3.8) is 0 Å². The number of methoxy groups -OCH3 is 1. The van der Waals surface area contributed by atoms with Gasteiger partial charge in [-0.1, -0.05) is 31.4 Å². The van der Waals surface area contributed by atoms with E-state index < -0.39 is 0 Å². The molecule has 3 amide bonds. The fraction of sp³-hybridized carbons (Fsp3) is 0.542. The molecule has 1 aromatic carbocycles. The van der Waals surface area contributed by atoms with Crippen molar-refractivity contribution in [2.45, 2.75) is 57.4 Å². The molecule has 1 aliphatic heterocycles. The third-order valence-corrected chi connectivity index (χ3v) is 6.62. The van der Waals surface area contributed by atoms with Gasteiger partial charge >= 0.3 is 6.03 Å². The highest BCUT2D eigenvalue weighted by Crippen LogP contribution is 2.30. The first-order valence-corrected chi connectivity index (χ1v) is 11.7. The van der Waals surface area contributed by atoms with E-state index in [4.69, 9.17) is 4.74 Å². The summed E-state index contributed by atoms with van der Waals surface area (Å²) >= 11 is 0. The number of piperidine rings is 1. The topological polar surface area (TPSA) is 88.5 Å². The molecule has 172 valence electrons. The Morgan fingerprint density at radius 3 is 2.53 bits per heavy atom. The van der Waals surface area contributed by atoms with E-state index in [1.807, 2.05) is 21.7 Å². The zero-order valence-corrected chi connectivity index (χ0v) is 18.8. The molecule has 0 bridgehead atoms. The number of anilines is 2. The standard InChI is InChI=1S/C24H33N5O3/c1-32-21-10-6-5-9-20(21)26-24(31)27-22-11-14-25-29(22)19-12-15-28(16-13-19)23(30)17-18-7-3-2-4-8-18/h5-6,9-11,14,18-19H,2-4,7-8,12-13,15-17H2,1H3,(H2,26,27,31). The summed E-state index contributed by atoms with van der Waals surface area (Å²) in [5.74, 6) is 2.11. The molecule has 8 heteroatoms. The predicted molar refractivity (Wildman–Crippen MR) is 124 cm³/mol. The van der Waals surface area contributed by atoms with Crippen molar-refractivity contribution in [3.8, 4) is 5.75 Å². The molecule has 0 radical (unpaired) electrons. The number of nitrogens with one attached hydrogen (secondary N) is 2. The minimum atomic E-state index is -0.351. The number of para-hydroxylation sites is 2. The van der Waals surface area contributed by atoms with E-state index in [0.29, 0.717) is 35.5 Å². The quantitative estimate of drug-likeness (QED) is 0.685. The molecular formula is C24H33N5O3. The van der Waals surface area contributed by atoms with Crippen LogP contribution in [0.15, 0.2) is 36.5 Å².